The number of aromatic nitrogens is 1. The molecule has 0 spiro atoms. The van der Waals surface area contributed by atoms with Crippen molar-refractivity contribution in [2.75, 3.05) is 0 Å². The van der Waals surface area contributed by atoms with Crippen molar-refractivity contribution >= 4 is 18.1 Å². The molecule has 0 aliphatic heterocycles. The van der Waals surface area contributed by atoms with E-state index in [1.165, 1.54) is 0 Å². The third kappa shape index (κ3) is 5.49. The van der Waals surface area contributed by atoms with Crippen molar-refractivity contribution in [3.63, 3.8) is 0 Å². The Morgan fingerprint density at radius 1 is 0.844 bits per heavy atom. The van der Waals surface area contributed by atoms with E-state index in [1.807, 2.05) is 60.7 Å². The highest BCUT2D eigenvalue weighted by molar-refractivity contribution is 5.83. The second-order valence-corrected chi connectivity index (χ2v) is 7.48. The maximum absolute atomic E-state index is 12.4. The summed E-state index contributed by atoms with van der Waals surface area (Å²) in [4.78, 5) is 16.5. The predicted octanol–water partition coefficient (Wildman–Crippen LogP) is 5.48. The first-order valence-electron chi connectivity index (χ1n) is 10.5. The number of hydrogen-bond donors (Lipinski definition) is 2. The normalized spacial score (nSPS) is 10.9. The molecule has 4 rings (SSSR count). The van der Waals surface area contributed by atoms with E-state index in [4.69, 9.17) is 0 Å². The molecule has 2 N–H and O–H groups in total. The van der Waals surface area contributed by atoms with E-state index in [-0.39, 0.29) is 11.7 Å². The Labute approximate surface area is 187 Å². The molecule has 3 aromatic carbocycles. The van der Waals surface area contributed by atoms with Crippen LogP contribution in [0, 0.1) is 0 Å². The number of benzene rings is 3. The summed E-state index contributed by atoms with van der Waals surface area (Å²) in [5.41, 5.74) is 6.21. The van der Waals surface area contributed by atoms with Crippen molar-refractivity contribution in [1.82, 2.24) is 10.3 Å². The van der Waals surface area contributed by atoms with Crippen LogP contribution in [0.4, 0.5) is 0 Å². The van der Waals surface area contributed by atoms with Crippen LogP contribution in [0.3, 0.4) is 0 Å². The molecule has 0 unspecified atom stereocenters. The zero-order valence-electron chi connectivity index (χ0n) is 17.6. The molecule has 1 heterocycles. The average molecular weight is 421 g/mol. The van der Waals surface area contributed by atoms with Crippen molar-refractivity contribution in [1.29, 1.82) is 0 Å². The van der Waals surface area contributed by atoms with Gasteiger partial charge >= 0.3 is 0 Å². The molecule has 0 fully saturated rings. The summed E-state index contributed by atoms with van der Waals surface area (Å²) in [5, 5.41) is 12.5. The summed E-state index contributed by atoms with van der Waals surface area (Å²) in [5.74, 6) is 0.218. The topological polar surface area (TPSA) is 62.2 Å². The van der Waals surface area contributed by atoms with E-state index >= 15 is 0 Å². The number of carbonyl (C=O) groups is 1. The fraction of sp³-hybridized carbons (Fsp3) is 0.0714. The number of carbonyl (C=O) groups excluding carboxylic acids is 1. The van der Waals surface area contributed by atoms with Gasteiger partial charge in [0.05, 0.1) is 6.42 Å². The standard InChI is InChI=1S/C28H24N2O2/c31-25-15-12-21(13-16-25)11-14-23-7-1-3-9-26(23)27-10-4-2-8-24(27)20-30-28(32)18-22-6-5-17-29-19-22/h1-17,19,31H,18,20H2,(H,30,32)/b14-11+. The molecule has 0 aliphatic carbocycles. The molecular weight excluding hydrogens is 396 g/mol. The minimum absolute atomic E-state index is 0.0340. The zero-order valence-corrected chi connectivity index (χ0v) is 17.6. The third-order valence-corrected chi connectivity index (χ3v) is 5.18. The quantitative estimate of drug-likeness (QED) is 0.389. The van der Waals surface area contributed by atoms with Gasteiger partial charge in [0, 0.05) is 18.9 Å². The number of amides is 1. The Hall–Kier alpha value is -4.18. The molecule has 158 valence electrons. The summed E-state index contributed by atoms with van der Waals surface area (Å²) in [6.07, 6.45) is 7.81. The van der Waals surface area contributed by atoms with Crippen molar-refractivity contribution < 1.29 is 9.90 Å². The van der Waals surface area contributed by atoms with Crippen molar-refractivity contribution in [2.45, 2.75) is 13.0 Å². The van der Waals surface area contributed by atoms with Crippen molar-refractivity contribution in [2.24, 2.45) is 0 Å². The largest absolute Gasteiger partial charge is 0.508 e. The number of aromatic hydroxyl groups is 1. The van der Waals surface area contributed by atoms with E-state index in [0.29, 0.717) is 13.0 Å². The van der Waals surface area contributed by atoms with Crippen LogP contribution in [0.2, 0.25) is 0 Å². The highest BCUT2D eigenvalue weighted by atomic mass is 16.3. The van der Waals surface area contributed by atoms with Crippen LogP contribution in [0.15, 0.2) is 97.3 Å². The first-order chi connectivity index (χ1) is 15.7. The first kappa shape index (κ1) is 21.1. The van der Waals surface area contributed by atoms with Crippen molar-refractivity contribution in [3.8, 4) is 16.9 Å². The third-order valence-electron chi connectivity index (χ3n) is 5.18. The Kier molecular flexibility index (Phi) is 6.73. The Morgan fingerprint density at radius 3 is 2.38 bits per heavy atom. The van der Waals surface area contributed by atoms with Crippen LogP contribution in [-0.4, -0.2) is 16.0 Å². The fourth-order valence-electron chi connectivity index (χ4n) is 3.54. The van der Waals surface area contributed by atoms with E-state index < -0.39 is 0 Å². The lowest BCUT2D eigenvalue weighted by atomic mass is 9.94. The number of phenols is 1. The molecule has 1 amide bonds. The molecule has 1 aromatic heterocycles. The second-order valence-electron chi connectivity index (χ2n) is 7.48. The van der Waals surface area contributed by atoms with Crippen LogP contribution in [0.5, 0.6) is 5.75 Å². The average Bonchev–Trinajstić information content (AvgIpc) is 2.83. The number of phenolic OH excluding ortho intramolecular Hbond substituents is 1. The van der Waals surface area contributed by atoms with Gasteiger partial charge in [-0.1, -0.05) is 78.9 Å². The van der Waals surface area contributed by atoms with Gasteiger partial charge in [-0.3, -0.25) is 9.78 Å². The van der Waals surface area contributed by atoms with E-state index in [0.717, 1.165) is 33.4 Å². The van der Waals surface area contributed by atoms with Gasteiger partial charge in [-0.05, 0) is 51.6 Å². The van der Waals surface area contributed by atoms with Gasteiger partial charge in [0.2, 0.25) is 5.91 Å². The minimum Gasteiger partial charge on any atom is -0.508 e. The maximum atomic E-state index is 12.4. The number of nitrogens with zero attached hydrogens (tertiary/aromatic N) is 1. The van der Waals surface area contributed by atoms with E-state index in [1.54, 1.807) is 24.5 Å². The Morgan fingerprint density at radius 2 is 1.59 bits per heavy atom. The summed E-state index contributed by atoms with van der Waals surface area (Å²) in [7, 11) is 0. The van der Waals surface area contributed by atoms with Crippen LogP contribution in [0.1, 0.15) is 22.3 Å². The SMILES string of the molecule is O=C(Cc1cccnc1)NCc1ccccc1-c1ccccc1/C=C/c1ccc(O)cc1. The number of hydrogen-bond acceptors (Lipinski definition) is 3. The molecule has 0 saturated carbocycles. The van der Waals surface area contributed by atoms with Gasteiger partial charge in [-0.25, -0.2) is 0 Å². The molecular formula is C28H24N2O2. The fourth-order valence-corrected chi connectivity index (χ4v) is 3.54. The van der Waals surface area contributed by atoms with Crippen LogP contribution >= 0.6 is 0 Å². The predicted molar refractivity (Wildman–Crippen MR) is 129 cm³/mol. The smallest absolute Gasteiger partial charge is 0.224 e. The van der Waals surface area contributed by atoms with Crippen molar-refractivity contribution in [3.05, 3.63) is 120 Å². The molecule has 0 atom stereocenters. The highest BCUT2D eigenvalue weighted by Gasteiger charge is 2.10. The molecule has 0 saturated heterocycles. The summed E-state index contributed by atoms with van der Waals surface area (Å²) in [6.45, 7) is 0.450. The number of nitrogens with one attached hydrogen (secondary N) is 1. The lowest BCUT2D eigenvalue weighted by Gasteiger charge is -2.13. The van der Waals surface area contributed by atoms with Crippen LogP contribution < -0.4 is 5.32 Å². The monoisotopic (exact) mass is 420 g/mol. The molecule has 4 heteroatoms. The lowest BCUT2D eigenvalue weighted by molar-refractivity contribution is -0.120. The summed E-state index contributed by atoms with van der Waals surface area (Å²) >= 11 is 0. The minimum atomic E-state index is -0.0340. The number of pyridine rings is 1. The van der Waals surface area contributed by atoms with Gasteiger partial charge in [0.25, 0.3) is 0 Å². The second kappa shape index (κ2) is 10.2. The molecule has 32 heavy (non-hydrogen) atoms. The lowest BCUT2D eigenvalue weighted by Crippen LogP contribution is -2.24. The summed E-state index contributed by atoms with van der Waals surface area (Å²) < 4.78 is 0. The molecule has 4 nitrogen and oxygen atoms in total. The van der Waals surface area contributed by atoms with Gasteiger partial charge < -0.3 is 10.4 Å². The molecule has 4 aromatic rings. The van der Waals surface area contributed by atoms with Crippen LogP contribution in [-0.2, 0) is 17.8 Å². The highest BCUT2D eigenvalue weighted by Crippen LogP contribution is 2.28. The molecule has 0 bridgehead atoms. The Bertz CT molecular complexity index is 1220. The van der Waals surface area contributed by atoms with Gasteiger partial charge in [0.1, 0.15) is 5.75 Å². The van der Waals surface area contributed by atoms with Gasteiger partial charge in [-0.2, -0.15) is 0 Å². The van der Waals surface area contributed by atoms with Crippen LogP contribution in [0.25, 0.3) is 23.3 Å². The maximum Gasteiger partial charge on any atom is 0.224 e. The summed E-state index contributed by atoms with van der Waals surface area (Å²) in [6, 6.07) is 27.1. The van der Waals surface area contributed by atoms with E-state index in [9.17, 15) is 9.90 Å². The molecule has 0 aliphatic rings. The first-order valence-corrected chi connectivity index (χ1v) is 10.5. The van der Waals surface area contributed by atoms with Gasteiger partial charge in [0.15, 0.2) is 0 Å². The Balaban J connectivity index is 1.53. The van der Waals surface area contributed by atoms with E-state index in [2.05, 4.69) is 34.6 Å². The van der Waals surface area contributed by atoms with Gasteiger partial charge in [-0.15, -0.1) is 0 Å². The zero-order chi connectivity index (χ0) is 22.2. The number of rotatable bonds is 7. The molecule has 0 radical (unpaired) electrons.